The van der Waals surface area contributed by atoms with E-state index in [1.165, 1.54) is 51.0 Å². The maximum absolute atomic E-state index is 15.7. The molecule has 16 heteroatoms. The number of hydrogen-bond acceptors (Lipinski definition) is 13. The van der Waals surface area contributed by atoms with Crippen molar-refractivity contribution in [3.05, 3.63) is 101 Å². The normalized spacial score (nSPS) is 34.8. The highest BCUT2D eigenvalue weighted by Gasteiger charge is 2.99. The number of nitrogens with zero attached hydrogens (tertiary/aromatic N) is 3. The molecule has 1 amide bonds. The summed E-state index contributed by atoms with van der Waals surface area (Å²) in [4.78, 5) is 68.4. The average molecular weight is 963 g/mol. The predicted octanol–water partition coefficient (Wildman–Crippen LogP) is 6.31. The molecule has 3 saturated heterocycles. The summed E-state index contributed by atoms with van der Waals surface area (Å²) in [6.07, 6.45) is 6.26. The third-order valence-corrected chi connectivity index (χ3v) is 18.3. The van der Waals surface area contributed by atoms with Crippen LogP contribution >= 0.6 is 11.8 Å². The van der Waals surface area contributed by atoms with Crippen molar-refractivity contribution in [1.29, 1.82) is 0 Å². The number of thioether (sulfide) groups is 1. The van der Waals surface area contributed by atoms with E-state index in [-0.39, 0.29) is 18.2 Å². The Morgan fingerprint density at radius 1 is 1.00 bits per heavy atom. The number of hydrogen-bond donors (Lipinski definition) is 2. The van der Waals surface area contributed by atoms with Crippen LogP contribution in [0.2, 0.25) is 0 Å². The maximum Gasteiger partial charge on any atom is 0.347 e. The lowest BCUT2D eigenvalue weighted by atomic mass is 9.49. The van der Waals surface area contributed by atoms with Crippen LogP contribution in [0.3, 0.4) is 0 Å². The van der Waals surface area contributed by atoms with E-state index >= 15 is 4.79 Å². The minimum atomic E-state index is -1.92. The van der Waals surface area contributed by atoms with Crippen LogP contribution in [0.1, 0.15) is 80.8 Å². The van der Waals surface area contributed by atoms with E-state index in [0.29, 0.717) is 111 Å². The van der Waals surface area contributed by atoms with Gasteiger partial charge in [-0.05, 0) is 98.0 Å². The van der Waals surface area contributed by atoms with Gasteiger partial charge < -0.3 is 33.8 Å². The highest BCUT2D eigenvalue weighted by Crippen LogP contribution is 2.80. The lowest BCUT2D eigenvalue weighted by Gasteiger charge is -2.58. The summed E-state index contributed by atoms with van der Waals surface area (Å²) < 4.78 is 46.1. The second-order valence-electron chi connectivity index (χ2n) is 20.3. The molecule has 69 heavy (non-hydrogen) atoms. The van der Waals surface area contributed by atoms with Crippen LogP contribution < -0.4 is 9.64 Å². The molecule has 11 rings (SSSR count). The van der Waals surface area contributed by atoms with Crippen LogP contribution in [0.5, 0.6) is 5.75 Å². The van der Waals surface area contributed by atoms with Crippen LogP contribution in [0.25, 0.3) is 10.9 Å². The standard InChI is InChI=1S/C53H59FN4O10S/c1-7-48(63)25-32-26-50(46(61)65-5,43-35(16-20-56(27-32)29-48)36-22-34(14-15-40(36)55-43)69-28-33-12-9-10-13-39(33)54)38-23-37-41(24-42(38)64-4)58(30-59)53-51(37)18-21-57-19-11-17-49(8-2,44(51)57)45(67-31(3)60)52(53,68-53)47(62)66-6/h9-15,17,22-24,30,32,44-45,55,63H,7-8,16,18-21,25-29H2,1-6H3/t32-,44+,45-,48+,49-,50+,51-,52+,53+/m1/s1. The zero-order chi connectivity index (χ0) is 48.5. The third kappa shape index (κ3) is 5.98. The quantitative estimate of drug-likeness (QED) is 0.0430. The number of aliphatic hydroxyl groups is 1. The van der Waals surface area contributed by atoms with Gasteiger partial charge in [0.05, 0.1) is 38.0 Å². The van der Waals surface area contributed by atoms with Crippen molar-refractivity contribution < 1.29 is 52.4 Å². The first-order valence-electron chi connectivity index (χ1n) is 24.1. The molecular weight excluding hydrogens is 904 g/mol. The molecule has 1 saturated carbocycles. The summed E-state index contributed by atoms with van der Waals surface area (Å²) in [5, 5.41) is 13.1. The summed E-state index contributed by atoms with van der Waals surface area (Å²) >= 11 is 1.53. The van der Waals surface area contributed by atoms with Gasteiger partial charge in [0.25, 0.3) is 5.60 Å². The molecule has 7 aliphatic rings. The van der Waals surface area contributed by atoms with Gasteiger partial charge in [-0.15, -0.1) is 11.8 Å². The fourth-order valence-electron chi connectivity index (χ4n) is 14.7. The van der Waals surface area contributed by atoms with Crippen molar-refractivity contribution >= 4 is 52.7 Å². The average Bonchev–Trinajstić information content (AvgIpc) is 3.56. The van der Waals surface area contributed by atoms with Gasteiger partial charge in [-0.1, -0.05) is 44.2 Å². The van der Waals surface area contributed by atoms with Crippen molar-refractivity contribution in [3.8, 4) is 5.75 Å². The van der Waals surface area contributed by atoms with Gasteiger partial charge in [0.1, 0.15) is 17.0 Å². The Labute approximate surface area is 404 Å². The molecular formula is C53H59FN4O10S. The lowest BCUT2D eigenvalue weighted by molar-refractivity contribution is -0.178. The number of amides is 1. The van der Waals surface area contributed by atoms with Crippen LogP contribution in [0.4, 0.5) is 10.1 Å². The highest BCUT2D eigenvalue weighted by molar-refractivity contribution is 7.98. The van der Waals surface area contributed by atoms with Crippen molar-refractivity contribution in [1.82, 2.24) is 14.8 Å². The molecule has 6 aliphatic heterocycles. The zero-order valence-electron chi connectivity index (χ0n) is 39.9. The Kier molecular flexibility index (Phi) is 10.8. The van der Waals surface area contributed by atoms with E-state index < -0.39 is 63.2 Å². The maximum atomic E-state index is 15.7. The zero-order valence-corrected chi connectivity index (χ0v) is 40.7. The number of methoxy groups -OCH3 is 3. The van der Waals surface area contributed by atoms with Gasteiger partial charge in [0.2, 0.25) is 12.1 Å². The summed E-state index contributed by atoms with van der Waals surface area (Å²) in [6, 6.07) is 16.2. The van der Waals surface area contributed by atoms with Crippen LogP contribution in [-0.2, 0) is 61.1 Å². The van der Waals surface area contributed by atoms with Crippen molar-refractivity contribution in [3.63, 3.8) is 0 Å². The van der Waals surface area contributed by atoms with Crippen LogP contribution in [-0.4, -0.2) is 127 Å². The first-order valence-corrected chi connectivity index (χ1v) is 25.1. The monoisotopic (exact) mass is 962 g/mol. The number of carbonyl (C=O) groups excluding carboxylic acids is 4. The van der Waals surface area contributed by atoms with Crippen molar-refractivity contribution in [2.75, 3.05) is 59.0 Å². The Morgan fingerprint density at radius 3 is 2.51 bits per heavy atom. The van der Waals surface area contributed by atoms with Gasteiger partial charge in [-0.2, -0.15) is 0 Å². The van der Waals surface area contributed by atoms with Crippen LogP contribution in [0, 0.1) is 17.2 Å². The molecule has 2 bridgehead atoms. The molecule has 2 N–H and O–H groups in total. The van der Waals surface area contributed by atoms with E-state index in [2.05, 4.69) is 33.0 Å². The molecule has 4 aromatic rings. The smallest absolute Gasteiger partial charge is 0.347 e. The number of epoxide rings is 1. The van der Waals surface area contributed by atoms with E-state index in [9.17, 15) is 23.9 Å². The Bertz CT molecular complexity index is 2860. The van der Waals surface area contributed by atoms with Gasteiger partial charge in [-0.3, -0.25) is 29.1 Å². The van der Waals surface area contributed by atoms with Gasteiger partial charge in [0, 0.05) is 83.4 Å². The summed E-state index contributed by atoms with van der Waals surface area (Å²) in [6.45, 7) is 8.19. The van der Waals surface area contributed by atoms with Crippen LogP contribution in [0.15, 0.2) is 71.6 Å². The number of benzene rings is 3. The van der Waals surface area contributed by atoms with E-state index in [1.807, 2.05) is 38.1 Å². The number of carbonyl (C=O) groups is 4. The number of nitrogens with one attached hydrogen (secondary N) is 1. The lowest BCUT2D eigenvalue weighted by Crippen LogP contribution is -2.75. The SMILES string of the molecule is CC[C@]1(O)C[C@H]2CN(CCc3c([nH]c4ccc(SCc5ccccc5F)cc34)[C@@](C(=O)OC)(c3cc4c(cc3OC)N(C=O)[C@@]35O[C@]3(C(=O)OC)[C@H](OC(C)=O)[C@]3(CC)C=CCN6CC[C@]45[C@@H]63)C2)C1. The number of aromatic amines is 1. The molecule has 364 valence electrons. The first kappa shape index (κ1) is 46.1. The second-order valence-corrected chi connectivity index (χ2v) is 21.3. The topological polar surface area (TPSA) is 163 Å². The summed E-state index contributed by atoms with van der Waals surface area (Å²) in [5.41, 5.74) is -3.69. The Morgan fingerprint density at radius 2 is 1.80 bits per heavy atom. The number of H-pyrrole nitrogens is 1. The first-order chi connectivity index (χ1) is 33.2. The van der Waals surface area contributed by atoms with Crippen molar-refractivity contribution in [2.45, 2.75) is 110 Å². The summed E-state index contributed by atoms with van der Waals surface area (Å²) in [7, 11) is 4.20. The Balaban J connectivity index is 1.18. The van der Waals surface area contributed by atoms with Gasteiger partial charge in [0.15, 0.2) is 6.10 Å². The van der Waals surface area contributed by atoms with Crippen molar-refractivity contribution in [2.24, 2.45) is 11.3 Å². The number of piperidine rings is 1. The molecule has 1 aliphatic carbocycles. The molecule has 0 radical (unpaired) electrons. The van der Waals surface area contributed by atoms with E-state index in [0.717, 1.165) is 21.4 Å². The molecule has 7 heterocycles. The van der Waals surface area contributed by atoms with Gasteiger partial charge in [-0.25, -0.2) is 9.18 Å². The number of aromatic nitrogens is 1. The van der Waals surface area contributed by atoms with Gasteiger partial charge >= 0.3 is 17.9 Å². The fraction of sp³-hybridized carbons (Fsp3) is 0.509. The molecule has 1 unspecified atom stereocenters. The highest BCUT2D eigenvalue weighted by atomic mass is 32.2. The number of anilines is 1. The molecule has 4 fully saturated rings. The van der Waals surface area contributed by atoms with E-state index in [1.54, 1.807) is 18.2 Å². The molecule has 10 atom stereocenters. The minimum absolute atomic E-state index is 0.197. The number of ether oxygens (including phenoxy) is 5. The second kappa shape index (κ2) is 16.1. The van der Waals surface area contributed by atoms with E-state index in [4.69, 9.17) is 23.7 Å². The molecule has 3 aromatic carbocycles. The number of esters is 3. The Hall–Kier alpha value is -5.26. The number of halogens is 1. The molecule has 2 spiro atoms. The third-order valence-electron chi connectivity index (χ3n) is 17.3. The number of fused-ring (bicyclic) bond motifs is 6. The predicted molar refractivity (Wildman–Crippen MR) is 254 cm³/mol. The largest absolute Gasteiger partial charge is 0.496 e. The molecule has 14 nitrogen and oxygen atoms in total. The fourth-order valence-corrected chi connectivity index (χ4v) is 15.6. The number of rotatable bonds is 11. The summed E-state index contributed by atoms with van der Waals surface area (Å²) in [5.74, 6) is -1.62. The molecule has 1 aromatic heterocycles. The minimum Gasteiger partial charge on any atom is -0.496 e.